The lowest BCUT2D eigenvalue weighted by Gasteiger charge is -2.15. The number of rotatable bonds is 5. The SMILES string of the molecule is O=c1oc2ccccc2c2c1C(/C=C/Sc1ccccc1)C(Sc1ccccc1)O2. The van der Waals surface area contributed by atoms with Crippen LogP contribution in [0.2, 0.25) is 0 Å². The van der Waals surface area contributed by atoms with E-state index in [1.54, 1.807) is 29.6 Å². The lowest BCUT2D eigenvalue weighted by atomic mass is 10.0. The lowest BCUT2D eigenvalue weighted by Crippen LogP contribution is -2.15. The third kappa shape index (κ3) is 3.78. The van der Waals surface area contributed by atoms with Gasteiger partial charge in [0.05, 0.1) is 16.9 Å². The molecule has 0 saturated carbocycles. The molecule has 0 saturated heterocycles. The van der Waals surface area contributed by atoms with Crippen molar-refractivity contribution in [1.29, 1.82) is 0 Å². The van der Waals surface area contributed by atoms with Gasteiger partial charge in [0.2, 0.25) is 0 Å². The highest BCUT2D eigenvalue weighted by molar-refractivity contribution is 8.02. The third-order valence-corrected chi connectivity index (χ3v) is 6.89. The van der Waals surface area contributed by atoms with Crippen molar-refractivity contribution < 1.29 is 9.15 Å². The molecule has 3 nitrogen and oxygen atoms in total. The first-order valence-corrected chi connectivity index (χ1v) is 11.4. The van der Waals surface area contributed by atoms with E-state index < -0.39 is 0 Å². The van der Waals surface area contributed by atoms with Crippen LogP contribution in [0, 0.1) is 0 Å². The monoisotopic (exact) mass is 430 g/mol. The van der Waals surface area contributed by atoms with Crippen molar-refractivity contribution in [2.75, 3.05) is 0 Å². The summed E-state index contributed by atoms with van der Waals surface area (Å²) in [5.41, 5.74) is 0.558. The maximum Gasteiger partial charge on any atom is 0.344 e. The summed E-state index contributed by atoms with van der Waals surface area (Å²) >= 11 is 3.24. The van der Waals surface area contributed by atoms with Crippen molar-refractivity contribution >= 4 is 34.5 Å². The maximum atomic E-state index is 12.9. The van der Waals surface area contributed by atoms with Gasteiger partial charge in [-0.25, -0.2) is 4.79 Å². The predicted molar refractivity (Wildman–Crippen MR) is 123 cm³/mol. The Labute approximate surface area is 182 Å². The zero-order valence-electron chi connectivity index (χ0n) is 15.9. The number of fused-ring (bicyclic) bond motifs is 3. The summed E-state index contributed by atoms with van der Waals surface area (Å²) in [5.74, 6) is 0.428. The van der Waals surface area contributed by atoms with Crippen molar-refractivity contribution in [1.82, 2.24) is 0 Å². The van der Waals surface area contributed by atoms with E-state index in [1.165, 1.54) is 0 Å². The molecule has 2 unspecified atom stereocenters. The van der Waals surface area contributed by atoms with E-state index in [-0.39, 0.29) is 17.0 Å². The van der Waals surface area contributed by atoms with Gasteiger partial charge in [0.15, 0.2) is 5.44 Å². The van der Waals surface area contributed by atoms with Crippen LogP contribution in [0.15, 0.2) is 115 Å². The Hall–Kier alpha value is -2.89. The molecule has 0 aliphatic carbocycles. The van der Waals surface area contributed by atoms with Gasteiger partial charge in [-0.1, -0.05) is 78.1 Å². The van der Waals surface area contributed by atoms with Crippen LogP contribution in [-0.4, -0.2) is 5.44 Å². The van der Waals surface area contributed by atoms with Gasteiger partial charge in [-0.05, 0) is 41.8 Å². The van der Waals surface area contributed by atoms with Crippen LogP contribution in [0.5, 0.6) is 5.75 Å². The molecule has 0 radical (unpaired) electrons. The molecule has 4 aromatic rings. The summed E-state index contributed by atoms with van der Waals surface area (Å²) in [4.78, 5) is 15.1. The average molecular weight is 431 g/mol. The largest absolute Gasteiger partial charge is 0.477 e. The van der Waals surface area contributed by atoms with E-state index in [1.807, 2.05) is 60.0 Å². The number of para-hydroxylation sites is 1. The minimum Gasteiger partial charge on any atom is -0.477 e. The van der Waals surface area contributed by atoms with E-state index in [9.17, 15) is 4.79 Å². The third-order valence-electron chi connectivity index (χ3n) is 4.89. The summed E-state index contributed by atoms with van der Waals surface area (Å²) in [6.45, 7) is 0. The van der Waals surface area contributed by atoms with Crippen molar-refractivity contribution in [3.8, 4) is 5.75 Å². The standard InChI is InChI=1S/C25H18O3S2/c26-24-22-20(15-16-29-17-9-3-1-4-10-17)25(30-18-11-5-2-6-12-18)28-23(22)19-13-7-8-14-21(19)27-24/h1-16,20,25H/b16-15+. The zero-order chi connectivity index (χ0) is 20.3. The predicted octanol–water partition coefficient (Wildman–Crippen LogP) is 6.69. The van der Waals surface area contributed by atoms with E-state index in [0.717, 1.165) is 15.2 Å². The fourth-order valence-electron chi connectivity index (χ4n) is 3.49. The number of hydrogen-bond donors (Lipinski definition) is 0. The fourth-order valence-corrected chi connectivity index (χ4v) is 5.31. The van der Waals surface area contributed by atoms with Gasteiger partial charge < -0.3 is 9.15 Å². The highest BCUT2D eigenvalue weighted by atomic mass is 32.2. The lowest BCUT2D eigenvalue weighted by molar-refractivity contribution is 0.313. The number of thioether (sulfide) groups is 2. The maximum absolute atomic E-state index is 12.9. The van der Waals surface area contributed by atoms with Gasteiger partial charge in [-0.2, -0.15) is 0 Å². The van der Waals surface area contributed by atoms with E-state index >= 15 is 0 Å². The molecule has 0 bridgehead atoms. The van der Waals surface area contributed by atoms with Crippen LogP contribution >= 0.6 is 23.5 Å². The Morgan fingerprint density at radius 2 is 1.47 bits per heavy atom. The summed E-state index contributed by atoms with van der Waals surface area (Å²) in [6.07, 6.45) is 2.05. The van der Waals surface area contributed by atoms with Crippen LogP contribution < -0.4 is 10.4 Å². The highest BCUT2D eigenvalue weighted by Crippen LogP contribution is 2.47. The molecule has 5 heteroatoms. The first-order chi connectivity index (χ1) is 14.8. The Morgan fingerprint density at radius 1 is 0.800 bits per heavy atom. The normalized spacial score (nSPS) is 17.9. The number of ether oxygens (including phenoxy) is 1. The zero-order valence-corrected chi connectivity index (χ0v) is 17.6. The summed E-state index contributed by atoms with van der Waals surface area (Å²) in [7, 11) is 0. The second kappa shape index (κ2) is 8.46. The number of hydrogen-bond acceptors (Lipinski definition) is 5. The van der Waals surface area contributed by atoms with Gasteiger partial charge in [0.1, 0.15) is 11.3 Å². The average Bonchev–Trinajstić information content (AvgIpc) is 3.14. The molecule has 2 heterocycles. The van der Waals surface area contributed by atoms with E-state index in [2.05, 4.69) is 30.3 Å². The molecule has 30 heavy (non-hydrogen) atoms. The molecule has 148 valence electrons. The van der Waals surface area contributed by atoms with Gasteiger partial charge in [0.25, 0.3) is 0 Å². The first kappa shape index (κ1) is 19.1. The van der Waals surface area contributed by atoms with Crippen molar-refractivity contribution in [2.45, 2.75) is 21.1 Å². The van der Waals surface area contributed by atoms with E-state index in [0.29, 0.717) is 16.9 Å². The van der Waals surface area contributed by atoms with Gasteiger partial charge in [0, 0.05) is 9.79 Å². The molecule has 2 atom stereocenters. The first-order valence-electron chi connectivity index (χ1n) is 9.62. The van der Waals surface area contributed by atoms with Crippen molar-refractivity contribution in [2.24, 2.45) is 0 Å². The summed E-state index contributed by atoms with van der Waals surface area (Å²) in [5, 5.41) is 2.86. The van der Waals surface area contributed by atoms with Gasteiger partial charge in [-0.15, -0.1) is 0 Å². The second-order valence-corrected chi connectivity index (χ2v) is 8.98. The minimum atomic E-state index is -0.334. The molecule has 3 aromatic carbocycles. The molecule has 0 amide bonds. The van der Waals surface area contributed by atoms with Crippen LogP contribution in [0.3, 0.4) is 0 Å². The molecule has 0 fully saturated rings. The minimum absolute atomic E-state index is 0.206. The molecule has 1 aromatic heterocycles. The molecule has 1 aliphatic heterocycles. The molecular formula is C25H18O3S2. The molecule has 0 spiro atoms. The summed E-state index contributed by atoms with van der Waals surface area (Å²) in [6, 6.07) is 27.8. The number of benzene rings is 3. The Balaban J connectivity index is 1.53. The fraction of sp³-hybridized carbons (Fsp3) is 0.0800. The molecular weight excluding hydrogens is 412 g/mol. The quantitative estimate of drug-likeness (QED) is 0.260. The smallest absolute Gasteiger partial charge is 0.344 e. The van der Waals surface area contributed by atoms with Gasteiger partial charge in [-0.3, -0.25) is 0 Å². The van der Waals surface area contributed by atoms with E-state index in [4.69, 9.17) is 9.15 Å². The van der Waals surface area contributed by atoms with Crippen LogP contribution in [0.1, 0.15) is 11.5 Å². The van der Waals surface area contributed by atoms with Crippen LogP contribution in [0.4, 0.5) is 0 Å². The highest BCUT2D eigenvalue weighted by Gasteiger charge is 2.38. The second-order valence-electron chi connectivity index (χ2n) is 6.83. The van der Waals surface area contributed by atoms with Crippen LogP contribution in [-0.2, 0) is 0 Å². The topological polar surface area (TPSA) is 39.4 Å². The van der Waals surface area contributed by atoms with Crippen molar-refractivity contribution in [3.63, 3.8) is 0 Å². The van der Waals surface area contributed by atoms with Crippen molar-refractivity contribution in [3.05, 3.63) is 112 Å². The Kier molecular flexibility index (Phi) is 5.39. The van der Waals surface area contributed by atoms with Gasteiger partial charge >= 0.3 is 5.63 Å². The summed E-state index contributed by atoms with van der Waals surface area (Å²) < 4.78 is 12.0. The Bertz CT molecular complexity index is 1250. The molecule has 0 N–H and O–H groups in total. The Morgan fingerprint density at radius 3 is 2.23 bits per heavy atom. The molecule has 5 rings (SSSR count). The van der Waals surface area contributed by atoms with Crippen LogP contribution in [0.25, 0.3) is 11.0 Å². The molecule has 1 aliphatic rings.